The van der Waals surface area contributed by atoms with Crippen molar-refractivity contribution in [3.05, 3.63) is 35.9 Å². The molecule has 0 aromatic carbocycles. The highest BCUT2D eigenvalue weighted by molar-refractivity contribution is 5.16. The molecule has 1 saturated heterocycles. The molecule has 0 amide bonds. The molecule has 0 radical (unpaired) electrons. The maximum atomic E-state index is 12.3. The second kappa shape index (κ2) is 7.25. The first kappa shape index (κ1) is 16.8. The van der Waals surface area contributed by atoms with Crippen molar-refractivity contribution in [2.24, 2.45) is 0 Å². The second-order valence-electron chi connectivity index (χ2n) is 6.04. The van der Waals surface area contributed by atoms with Crippen LogP contribution in [-0.2, 0) is 13.1 Å². The number of hydrogen-bond donors (Lipinski definition) is 0. The first-order chi connectivity index (χ1) is 11.5. The van der Waals surface area contributed by atoms with E-state index in [0.717, 1.165) is 32.4 Å². The molecular weight excluding hydrogens is 321 g/mol. The Morgan fingerprint density at radius 1 is 1.12 bits per heavy atom. The fraction of sp³-hybridized carbons (Fsp3) is 0.600. The molecule has 130 valence electrons. The lowest BCUT2D eigenvalue weighted by Gasteiger charge is -2.18. The van der Waals surface area contributed by atoms with Gasteiger partial charge in [-0.1, -0.05) is 0 Å². The Bertz CT molecular complexity index is 642. The number of hydrogen-bond acceptors (Lipinski definition) is 5. The van der Waals surface area contributed by atoms with Crippen LogP contribution in [0.3, 0.4) is 0 Å². The summed E-state index contributed by atoms with van der Waals surface area (Å²) in [4.78, 5) is 6.83. The van der Waals surface area contributed by atoms with Gasteiger partial charge < -0.3 is 0 Å². The average Bonchev–Trinajstić information content (AvgIpc) is 2.82. The molecule has 1 fully saturated rings. The molecule has 24 heavy (non-hydrogen) atoms. The summed E-state index contributed by atoms with van der Waals surface area (Å²) < 4.78 is 37.0. The number of aromatic nitrogens is 5. The molecule has 0 saturated carbocycles. The van der Waals surface area contributed by atoms with E-state index in [9.17, 15) is 13.2 Å². The smallest absolute Gasteiger partial charge is 0.296 e. The zero-order valence-corrected chi connectivity index (χ0v) is 13.2. The molecule has 1 unspecified atom stereocenters. The van der Waals surface area contributed by atoms with Crippen LogP contribution in [0.5, 0.6) is 0 Å². The highest BCUT2D eigenvalue weighted by atomic mass is 19.4. The molecule has 0 aliphatic carbocycles. The van der Waals surface area contributed by atoms with Gasteiger partial charge in [-0.3, -0.25) is 9.88 Å². The summed E-state index contributed by atoms with van der Waals surface area (Å²) in [6, 6.07) is 4.09. The average molecular weight is 340 g/mol. The molecular formula is C15H19F3N6. The van der Waals surface area contributed by atoms with Crippen molar-refractivity contribution in [3.63, 3.8) is 0 Å². The molecule has 0 spiro atoms. The zero-order valence-electron chi connectivity index (χ0n) is 13.2. The summed E-state index contributed by atoms with van der Waals surface area (Å²) in [5.74, 6) is 0.827. The maximum absolute atomic E-state index is 12.3. The lowest BCUT2D eigenvalue weighted by molar-refractivity contribution is -0.145. The van der Waals surface area contributed by atoms with Gasteiger partial charge in [-0.05, 0) is 61.2 Å². The standard InChI is InChI=1S/C15H19F3N6/c16-15(17,18)11-24-21-14(20-22-24)10-23-8-1-2-12(5-9-23)13-3-6-19-7-4-13/h3-4,6-7,12H,1-2,5,8-11H2. The molecule has 0 N–H and O–H groups in total. The third kappa shape index (κ3) is 4.73. The van der Waals surface area contributed by atoms with Crippen LogP contribution in [0, 0.1) is 0 Å². The van der Waals surface area contributed by atoms with Crippen molar-refractivity contribution < 1.29 is 13.2 Å². The minimum Gasteiger partial charge on any atom is -0.296 e. The van der Waals surface area contributed by atoms with Gasteiger partial charge in [-0.25, -0.2) is 0 Å². The van der Waals surface area contributed by atoms with Crippen molar-refractivity contribution in [1.82, 2.24) is 30.1 Å². The van der Waals surface area contributed by atoms with Crippen molar-refractivity contribution in [2.75, 3.05) is 13.1 Å². The Hall–Kier alpha value is -2.03. The SMILES string of the molecule is FC(F)(F)Cn1nnc(CN2CCCC(c3ccncc3)CC2)n1. The summed E-state index contributed by atoms with van der Waals surface area (Å²) in [5.41, 5.74) is 1.29. The molecule has 6 nitrogen and oxygen atoms in total. The number of rotatable bonds is 4. The topological polar surface area (TPSA) is 59.7 Å². The van der Waals surface area contributed by atoms with Crippen molar-refractivity contribution in [1.29, 1.82) is 0 Å². The van der Waals surface area contributed by atoms with E-state index in [4.69, 9.17) is 0 Å². The van der Waals surface area contributed by atoms with E-state index in [-0.39, 0.29) is 0 Å². The minimum atomic E-state index is -4.33. The maximum Gasteiger partial charge on any atom is 0.409 e. The number of pyridine rings is 1. The van der Waals surface area contributed by atoms with Crippen LogP contribution in [0.2, 0.25) is 0 Å². The fourth-order valence-corrected chi connectivity index (χ4v) is 3.05. The summed E-state index contributed by atoms with van der Waals surface area (Å²) in [5, 5.41) is 11.0. The van der Waals surface area contributed by atoms with Crippen LogP contribution < -0.4 is 0 Å². The van der Waals surface area contributed by atoms with Gasteiger partial charge in [0.1, 0.15) is 0 Å². The van der Waals surface area contributed by atoms with E-state index < -0.39 is 12.7 Å². The van der Waals surface area contributed by atoms with Crippen LogP contribution >= 0.6 is 0 Å². The van der Waals surface area contributed by atoms with Gasteiger partial charge in [0.05, 0.1) is 6.54 Å². The normalized spacial score (nSPS) is 20.0. The largest absolute Gasteiger partial charge is 0.409 e. The third-order valence-electron chi connectivity index (χ3n) is 4.18. The van der Waals surface area contributed by atoms with E-state index in [1.54, 1.807) is 12.4 Å². The molecule has 3 rings (SSSR count). The predicted molar refractivity (Wildman–Crippen MR) is 80.0 cm³/mol. The number of halogens is 3. The van der Waals surface area contributed by atoms with E-state index in [1.807, 2.05) is 12.1 Å². The van der Waals surface area contributed by atoms with Crippen LogP contribution in [0.25, 0.3) is 0 Å². The van der Waals surface area contributed by atoms with Crippen LogP contribution in [0.4, 0.5) is 13.2 Å². The monoisotopic (exact) mass is 340 g/mol. The molecule has 1 aliphatic rings. The summed E-state index contributed by atoms with van der Waals surface area (Å²) >= 11 is 0. The van der Waals surface area contributed by atoms with Crippen LogP contribution in [-0.4, -0.2) is 49.4 Å². The second-order valence-corrected chi connectivity index (χ2v) is 6.04. The lowest BCUT2D eigenvalue weighted by Crippen LogP contribution is -2.25. The fourth-order valence-electron chi connectivity index (χ4n) is 3.05. The van der Waals surface area contributed by atoms with Crippen molar-refractivity contribution >= 4 is 0 Å². The van der Waals surface area contributed by atoms with Gasteiger partial charge in [0.2, 0.25) is 0 Å². The van der Waals surface area contributed by atoms with E-state index in [0.29, 0.717) is 23.1 Å². The van der Waals surface area contributed by atoms with E-state index >= 15 is 0 Å². The zero-order chi connectivity index (χ0) is 17.0. The van der Waals surface area contributed by atoms with Crippen LogP contribution in [0.1, 0.15) is 36.6 Å². The minimum absolute atomic E-state index is 0.335. The molecule has 9 heteroatoms. The first-order valence-electron chi connectivity index (χ1n) is 7.95. The van der Waals surface area contributed by atoms with Gasteiger partial charge in [0, 0.05) is 12.4 Å². The molecule has 1 atom stereocenters. The molecule has 2 aromatic rings. The number of likely N-dealkylation sites (tertiary alicyclic amines) is 1. The Labute approximate surface area is 137 Å². The Morgan fingerprint density at radius 3 is 2.67 bits per heavy atom. The number of alkyl halides is 3. The number of tetrazole rings is 1. The summed E-state index contributed by atoms with van der Waals surface area (Å²) in [7, 11) is 0. The third-order valence-corrected chi connectivity index (χ3v) is 4.18. The molecule has 1 aliphatic heterocycles. The Morgan fingerprint density at radius 2 is 1.92 bits per heavy atom. The van der Waals surface area contributed by atoms with Crippen molar-refractivity contribution in [3.8, 4) is 0 Å². The Balaban J connectivity index is 1.55. The summed E-state index contributed by atoms with van der Waals surface area (Å²) in [6.45, 7) is 0.973. The molecule has 0 bridgehead atoms. The highest BCUT2D eigenvalue weighted by Gasteiger charge is 2.29. The molecule has 2 aromatic heterocycles. The highest BCUT2D eigenvalue weighted by Crippen LogP contribution is 2.27. The van der Waals surface area contributed by atoms with Gasteiger partial charge in [-0.2, -0.15) is 18.0 Å². The van der Waals surface area contributed by atoms with E-state index in [2.05, 4.69) is 25.3 Å². The molecule has 3 heterocycles. The first-order valence-corrected chi connectivity index (χ1v) is 7.95. The van der Waals surface area contributed by atoms with Gasteiger partial charge in [-0.15, -0.1) is 10.2 Å². The van der Waals surface area contributed by atoms with E-state index in [1.165, 1.54) is 5.56 Å². The predicted octanol–water partition coefficient (Wildman–Crippen LogP) is 2.40. The summed E-state index contributed by atoms with van der Waals surface area (Å²) in [6.07, 6.45) is 2.40. The lowest BCUT2D eigenvalue weighted by atomic mass is 9.93. The van der Waals surface area contributed by atoms with Gasteiger partial charge in [0.25, 0.3) is 0 Å². The Kier molecular flexibility index (Phi) is 5.08. The van der Waals surface area contributed by atoms with Crippen LogP contribution in [0.15, 0.2) is 24.5 Å². The quantitative estimate of drug-likeness (QED) is 0.855. The van der Waals surface area contributed by atoms with Gasteiger partial charge in [0.15, 0.2) is 12.4 Å². The van der Waals surface area contributed by atoms with Crippen molar-refractivity contribution in [2.45, 2.75) is 44.4 Å². The van der Waals surface area contributed by atoms with Gasteiger partial charge >= 0.3 is 6.18 Å². The number of nitrogens with zero attached hydrogens (tertiary/aromatic N) is 6.